The minimum atomic E-state index is -0.730. The number of anilines is 1. The maximum absolute atomic E-state index is 12.9. The average molecular weight is 334 g/mol. The van der Waals surface area contributed by atoms with E-state index >= 15 is 0 Å². The Balaban J connectivity index is 2.08. The van der Waals surface area contributed by atoms with Gasteiger partial charge in [0.15, 0.2) is 5.76 Å². The summed E-state index contributed by atoms with van der Waals surface area (Å²) in [6, 6.07) is 17.7. The van der Waals surface area contributed by atoms with Crippen LogP contribution < -0.4 is 4.90 Å². The topological polar surface area (TPSA) is 70.0 Å². The number of amides is 2. The van der Waals surface area contributed by atoms with E-state index in [9.17, 15) is 14.7 Å². The summed E-state index contributed by atoms with van der Waals surface area (Å²) in [6.07, 6.45) is 0.787. The van der Waals surface area contributed by atoms with E-state index in [1.54, 1.807) is 42.5 Å². The molecular weight excluding hydrogens is 316 g/mol. The lowest BCUT2D eigenvalue weighted by molar-refractivity contribution is -0.121. The van der Waals surface area contributed by atoms with E-state index in [4.69, 9.17) is 0 Å². The molecule has 0 radical (unpaired) electrons. The Morgan fingerprint density at radius 1 is 0.960 bits per heavy atom. The van der Waals surface area contributed by atoms with Gasteiger partial charge >= 0.3 is 5.91 Å². The van der Waals surface area contributed by atoms with Crippen LogP contribution >= 0.6 is 0 Å². The molecule has 126 valence electrons. The maximum atomic E-state index is 12.9. The summed E-state index contributed by atoms with van der Waals surface area (Å²) >= 11 is 0. The summed E-state index contributed by atoms with van der Waals surface area (Å²) in [7, 11) is 0. The van der Waals surface area contributed by atoms with Crippen LogP contribution in [-0.4, -0.2) is 29.2 Å². The SMILES string of the molecule is CCCN=C(C1=C(O)C(=O)N(c2ccccc2)C1=O)c1ccccc1. The summed E-state index contributed by atoms with van der Waals surface area (Å²) in [5.41, 5.74) is 1.40. The number of carbonyl (C=O) groups excluding carboxylic acids is 2. The van der Waals surface area contributed by atoms with Gasteiger partial charge in [-0.1, -0.05) is 55.5 Å². The van der Waals surface area contributed by atoms with Crippen LogP contribution in [0.1, 0.15) is 18.9 Å². The Kier molecular flexibility index (Phi) is 4.75. The number of carbonyl (C=O) groups is 2. The van der Waals surface area contributed by atoms with Crippen molar-refractivity contribution in [2.24, 2.45) is 4.99 Å². The molecule has 0 unspecified atom stereocenters. The highest BCUT2D eigenvalue weighted by atomic mass is 16.3. The van der Waals surface area contributed by atoms with E-state index in [1.165, 1.54) is 0 Å². The molecular formula is C20H18N2O3. The summed E-state index contributed by atoms with van der Waals surface area (Å²) in [5.74, 6) is -1.86. The van der Waals surface area contributed by atoms with Gasteiger partial charge < -0.3 is 5.11 Å². The largest absolute Gasteiger partial charge is 0.502 e. The Morgan fingerprint density at radius 2 is 1.56 bits per heavy atom. The summed E-state index contributed by atoms with van der Waals surface area (Å²) in [5, 5.41) is 10.4. The van der Waals surface area contributed by atoms with Crippen LogP contribution in [0, 0.1) is 0 Å². The first-order valence-electron chi connectivity index (χ1n) is 8.12. The van der Waals surface area contributed by atoms with Gasteiger partial charge in [0.1, 0.15) is 5.57 Å². The molecule has 0 aromatic heterocycles. The van der Waals surface area contributed by atoms with Crippen LogP contribution in [0.5, 0.6) is 0 Å². The van der Waals surface area contributed by atoms with Crippen molar-refractivity contribution in [3.63, 3.8) is 0 Å². The maximum Gasteiger partial charge on any atom is 0.301 e. The molecule has 2 aromatic rings. The minimum absolute atomic E-state index is 0.0477. The molecule has 25 heavy (non-hydrogen) atoms. The summed E-state index contributed by atoms with van der Waals surface area (Å²) < 4.78 is 0. The van der Waals surface area contributed by atoms with Crippen molar-refractivity contribution in [2.45, 2.75) is 13.3 Å². The molecule has 0 atom stereocenters. The lowest BCUT2D eigenvalue weighted by Gasteiger charge is -2.14. The van der Waals surface area contributed by atoms with Gasteiger partial charge in [0, 0.05) is 12.1 Å². The van der Waals surface area contributed by atoms with Crippen molar-refractivity contribution in [3.8, 4) is 0 Å². The number of aliphatic hydroxyl groups is 1. The van der Waals surface area contributed by atoms with Crippen LogP contribution in [0.4, 0.5) is 5.69 Å². The van der Waals surface area contributed by atoms with E-state index < -0.39 is 17.6 Å². The molecule has 0 saturated heterocycles. The molecule has 0 fully saturated rings. The van der Waals surface area contributed by atoms with Crippen molar-refractivity contribution < 1.29 is 14.7 Å². The molecule has 1 heterocycles. The molecule has 0 aliphatic carbocycles. The van der Waals surface area contributed by atoms with Crippen molar-refractivity contribution in [2.75, 3.05) is 11.4 Å². The lowest BCUT2D eigenvalue weighted by atomic mass is 10.0. The van der Waals surface area contributed by atoms with Gasteiger partial charge in [-0.15, -0.1) is 0 Å². The van der Waals surface area contributed by atoms with Crippen molar-refractivity contribution in [1.82, 2.24) is 0 Å². The zero-order valence-corrected chi connectivity index (χ0v) is 13.8. The van der Waals surface area contributed by atoms with Gasteiger partial charge in [-0.05, 0) is 18.6 Å². The number of imide groups is 1. The second-order valence-corrected chi connectivity index (χ2v) is 5.60. The zero-order chi connectivity index (χ0) is 17.8. The number of aliphatic hydroxyl groups excluding tert-OH is 1. The van der Waals surface area contributed by atoms with Crippen LogP contribution in [0.2, 0.25) is 0 Å². The molecule has 1 aliphatic heterocycles. The molecule has 1 N–H and O–H groups in total. The standard InChI is InChI=1S/C20H18N2O3/c1-2-13-21-17(14-9-5-3-6-10-14)16-18(23)20(25)22(19(16)24)15-11-7-4-8-12-15/h3-12,23H,2,13H2,1H3. The van der Waals surface area contributed by atoms with E-state index in [0.29, 0.717) is 23.5 Å². The fraction of sp³-hybridized carbons (Fsp3) is 0.150. The third-order valence-electron chi connectivity index (χ3n) is 3.85. The molecule has 1 aliphatic rings. The first kappa shape index (κ1) is 16.6. The van der Waals surface area contributed by atoms with Gasteiger partial charge in [0.05, 0.1) is 11.4 Å². The molecule has 0 spiro atoms. The second kappa shape index (κ2) is 7.13. The second-order valence-electron chi connectivity index (χ2n) is 5.60. The van der Waals surface area contributed by atoms with Gasteiger partial charge in [0.25, 0.3) is 5.91 Å². The van der Waals surface area contributed by atoms with Gasteiger partial charge in [-0.2, -0.15) is 0 Å². The number of aliphatic imine (C=N–C) groups is 1. The highest BCUT2D eigenvalue weighted by molar-refractivity contribution is 6.43. The van der Waals surface area contributed by atoms with Crippen LogP contribution in [0.15, 0.2) is 77.0 Å². The number of nitrogens with zero attached hydrogens (tertiary/aromatic N) is 2. The van der Waals surface area contributed by atoms with E-state index in [-0.39, 0.29) is 5.57 Å². The number of para-hydroxylation sites is 1. The highest BCUT2D eigenvalue weighted by Crippen LogP contribution is 2.28. The smallest absolute Gasteiger partial charge is 0.301 e. The Morgan fingerprint density at radius 3 is 2.16 bits per heavy atom. The Labute approximate surface area is 145 Å². The van der Waals surface area contributed by atoms with E-state index in [2.05, 4.69) is 4.99 Å². The van der Waals surface area contributed by atoms with Gasteiger partial charge in [-0.3, -0.25) is 14.6 Å². The van der Waals surface area contributed by atoms with Crippen LogP contribution in [0.25, 0.3) is 0 Å². The fourth-order valence-electron chi connectivity index (χ4n) is 2.68. The normalized spacial score (nSPS) is 15.2. The summed E-state index contributed by atoms with van der Waals surface area (Å²) in [4.78, 5) is 30.8. The third-order valence-corrected chi connectivity index (χ3v) is 3.85. The average Bonchev–Trinajstić information content (AvgIpc) is 2.87. The predicted octanol–water partition coefficient (Wildman–Crippen LogP) is 3.27. The molecule has 2 aromatic carbocycles. The number of hydrogen-bond acceptors (Lipinski definition) is 4. The Hall–Kier alpha value is -3.21. The molecule has 2 amide bonds. The lowest BCUT2D eigenvalue weighted by Crippen LogP contribution is -2.32. The molecule has 5 heteroatoms. The van der Waals surface area contributed by atoms with E-state index in [1.807, 2.05) is 25.1 Å². The highest BCUT2D eigenvalue weighted by Gasteiger charge is 2.42. The summed E-state index contributed by atoms with van der Waals surface area (Å²) in [6.45, 7) is 2.46. The number of rotatable bonds is 5. The number of benzene rings is 2. The first-order chi connectivity index (χ1) is 12.1. The fourth-order valence-corrected chi connectivity index (χ4v) is 2.68. The zero-order valence-electron chi connectivity index (χ0n) is 13.8. The minimum Gasteiger partial charge on any atom is -0.502 e. The quantitative estimate of drug-likeness (QED) is 0.674. The monoisotopic (exact) mass is 334 g/mol. The van der Waals surface area contributed by atoms with Crippen molar-refractivity contribution in [3.05, 3.63) is 77.6 Å². The van der Waals surface area contributed by atoms with Crippen molar-refractivity contribution in [1.29, 1.82) is 0 Å². The molecule has 3 rings (SSSR count). The first-order valence-corrected chi connectivity index (χ1v) is 8.12. The van der Waals surface area contributed by atoms with Crippen LogP contribution in [0.3, 0.4) is 0 Å². The number of hydrogen-bond donors (Lipinski definition) is 1. The Bertz CT molecular complexity index is 855. The van der Waals surface area contributed by atoms with E-state index in [0.717, 1.165) is 11.3 Å². The third kappa shape index (κ3) is 3.08. The van der Waals surface area contributed by atoms with Crippen LogP contribution in [-0.2, 0) is 9.59 Å². The van der Waals surface area contributed by atoms with Gasteiger partial charge in [-0.25, -0.2) is 4.90 Å². The van der Waals surface area contributed by atoms with Gasteiger partial charge in [0.2, 0.25) is 0 Å². The molecule has 0 saturated carbocycles. The van der Waals surface area contributed by atoms with Crippen molar-refractivity contribution >= 4 is 23.2 Å². The predicted molar refractivity (Wildman–Crippen MR) is 96.7 cm³/mol. The molecule has 0 bridgehead atoms. The molecule has 5 nitrogen and oxygen atoms in total.